The Bertz CT molecular complexity index is 268. The van der Waals surface area contributed by atoms with Crippen LogP contribution in [0.5, 0.6) is 0 Å². The summed E-state index contributed by atoms with van der Waals surface area (Å²) in [4.78, 5) is 11.0. The largest absolute Gasteiger partial charge is 0.480 e. The van der Waals surface area contributed by atoms with Crippen molar-refractivity contribution in [1.29, 1.82) is 0 Å². The molecule has 17 heavy (non-hydrogen) atoms. The van der Waals surface area contributed by atoms with Crippen molar-refractivity contribution < 1.29 is 25.1 Å². The first-order valence-electron chi connectivity index (χ1n) is 5.42. The molecule has 1 aliphatic carbocycles. The third-order valence-electron chi connectivity index (χ3n) is 3.30. The summed E-state index contributed by atoms with van der Waals surface area (Å²) in [5, 5.41) is 36.0. The minimum Gasteiger partial charge on any atom is -0.480 e. The van der Waals surface area contributed by atoms with Gasteiger partial charge in [-0.1, -0.05) is 6.42 Å². The van der Waals surface area contributed by atoms with Gasteiger partial charge in [0.15, 0.2) is 0 Å². The zero-order valence-electron chi connectivity index (χ0n) is 9.45. The first-order valence-corrected chi connectivity index (χ1v) is 5.42. The van der Waals surface area contributed by atoms with Crippen molar-refractivity contribution >= 4 is 25.5 Å². The molecule has 1 saturated carbocycles. The van der Waals surface area contributed by atoms with Crippen molar-refractivity contribution in [2.75, 3.05) is 0 Å². The lowest BCUT2D eigenvalue weighted by molar-refractivity contribution is -0.151. The zero-order valence-corrected chi connectivity index (χ0v) is 10.3. The van der Waals surface area contributed by atoms with Gasteiger partial charge in [0, 0.05) is 0 Å². The number of carboxylic acid groups (broad SMARTS) is 1. The molecular formula is C9H19BClNO5. The lowest BCUT2D eigenvalue weighted by Crippen LogP contribution is -2.60. The maximum Gasteiger partial charge on any atom is 0.451 e. The van der Waals surface area contributed by atoms with Crippen LogP contribution in [0.25, 0.3) is 0 Å². The fourth-order valence-corrected chi connectivity index (χ4v) is 2.23. The van der Waals surface area contributed by atoms with Crippen LogP contribution in [0.3, 0.4) is 0 Å². The molecule has 1 aliphatic rings. The van der Waals surface area contributed by atoms with Crippen LogP contribution in [0.1, 0.15) is 25.7 Å². The van der Waals surface area contributed by atoms with Gasteiger partial charge in [0.1, 0.15) is 5.54 Å². The lowest BCUT2D eigenvalue weighted by atomic mass is 9.70. The van der Waals surface area contributed by atoms with Crippen LogP contribution in [0.4, 0.5) is 0 Å². The van der Waals surface area contributed by atoms with E-state index in [1.165, 1.54) is 0 Å². The second-order valence-corrected chi connectivity index (χ2v) is 4.57. The highest BCUT2D eigenvalue weighted by Crippen LogP contribution is 2.34. The summed E-state index contributed by atoms with van der Waals surface area (Å²) in [6.07, 6.45) is 0.874. The molecule has 6 N–H and O–H groups in total. The number of hydrogen-bond acceptors (Lipinski definition) is 5. The van der Waals surface area contributed by atoms with Gasteiger partial charge in [-0.2, -0.15) is 0 Å². The van der Waals surface area contributed by atoms with Crippen molar-refractivity contribution in [1.82, 2.24) is 0 Å². The van der Waals surface area contributed by atoms with Crippen molar-refractivity contribution in [2.24, 2.45) is 11.7 Å². The van der Waals surface area contributed by atoms with Crippen LogP contribution in [0.15, 0.2) is 0 Å². The summed E-state index contributed by atoms with van der Waals surface area (Å²) >= 11 is 0. The SMILES string of the molecule is Cl.NC1(C(=O)O)CC(CCB(O)O)CCC1O. The standard InChI is InChI=1S/C9H18BNO5.ClH/c11-9(8(13)14)5-6(1-2-7(9)12)3-4-10(15)16;/h6-7,12,15-16H,1-5,11H2,(H,13,14);1H. The van der Waals surface area contributed by atoms with Crippen LogP contribution in [0, 0.1) is 5.92 Å². The molecule has 0 aliphatic heterocycles. The van der Waals surface area contributed by atoms with E-state index in [9.17, 15) is 9.90 Å². The van der Waals surface area contributed by atoms with Crippen LogP contribution in [-0.2, 0) is 4.79 Å². The molecule has 0 heterocycles. The maximum absolute atomic E-state index is 11.0. The Morgan fingerprint density at radius 1 is 1.41 bits per heavy atom. The van der Waals surface area contributed by atoms with Gasteiger partial charge < -0.3 is 26.0 Å². The summed E-state index contributed by atoms with van der Waals surface area (Å²) in [5.41, 5.74) is 4.07. The normalized spacial score (nSPS) is 32.7. The third-order valence-corrected chi connectivity index (χ3v) is 3.30. The second kappa shape index (κ2) is 6.56. The quantitative estimate of drug-likeness (QED) is 0.425. The van der Waals surface area contributed by atoms with Gasteiger partial charge in [-0.05, 0) is 31.5 Å². The van der Waals surface area contributed by atoms with Gasteiger partial charge >= 0.3 is 13.1 Å². The summed E-state index contributed by atoms with van der Waals surface area (Å²) < 4.78 is 0. The molecule has 0 amide bonds. The van der Waals surface area contributed by atoms with Gasteiger partial charge in [0.25, 0.3) is 0 Å². The van der Waals surface area contributed by atoms with E-state index in [1.807, 2.05) is 0 Å². The van der Waals surface area contributed by atoms with E-state index in [1.54, 1.807) is 0 Å². The molecule has 0 radical (unpaired) electrons. The monoisotopic (exact) mass is 267 g/mol. The number of halogens is 1. The Balaban J connectivity index is 0.00000256. The summed E-state index contributed by atoms with van der Waals surface area (Å²) in [7, 11) is -1.37. The average molecular weight is 268 g/mol. The topological polar surface area (TPSA) is 124 Å². The maximum atomic E-state index is 11.0. The van der Waals surface area contributed by atoms with Crippen molar-refractivity contribution in [2.45, 2.75) is 43.6 Å². The van der Waals surface area contributed by atoms with E-state index in [-0.39, 0.29) is 31.1 Å². The van der Waals surface area contributed by atoms with E-state index in [0.717, 1.165) is 0 Å². The molecule has 8 heteroatoms. The second-order valence-electron chi connectivity index (χ2n) is 4.57. The fraction of sp³-hybridized carbons (Fsp3) is 0.889. The number of carbonyl (C=O) groups is 1. The molecule has 1 rings (SSSR count). The number of aliphatic carboxylic acids is 1. The predicted molar refractivity (Wildman–Crippen MR) is 64.8 cm³/mol. The fourth-order valence-electron chi connectivity index (χ4n) is 2.23. The molecule has 3 unspecified atom stereocenters. The molecule has 0 aromatic carbocycles. The predicted octanol–water partition coefficient (Wildman–Crippen LogP) is -0.786. The Morgan fingerprint density at radius 3 is 2.47 bits per heavy atom. The van der Waals surface area contributed by atoms with Crippen LogP contribution >= 0.6 is 12.4 Å². The first-order chi connectivity index (χ1) is 7.36. The molecular weight excluding hydrogens is 248 g/mol. The molecule has 0 saturated heterocycles. The number of rotatable bonds is 4. The summed E-state index contributed by atoms with van der Waals surface area (Å²) in [6.45, 7) is 0. The van der Waals surface area contributed by atoms with E-state index in [4.69, 9.17) is 20.9 Å². The molecule has 0 aromatic heterocycles. The Hall–Kier alpha value is -0.335. The Morgan fingerprint density at radius 2 is 2.00 bits per heavy atom. The number of nitrogens with two attached hydrogens (primary N) is 1. The highest BCUT2D eigenvalue weighted by atomic mass is 35.5. The minimum atomic E-state index is -1.59. The van der Waals surface area contributed by atoms with E-state index in [2.05, 4.69) is 0 Å². The molecule has 6 nitrogen and oxygen atoms in total. The number of aliphatic hydroxyl groups excluding tert-OH is 1. The van der Waals surface area contributed by atoms with Crippen LogP contribution < -0.4 is 5.73 Å². The smallest absolute Gasteiger partial charge is 0.451 e. The minimum absolute atomic E-state index is 0. The third kappa shape index (κ3) is 4.11. The van der Waals surface area contributed by atoms with Gasteiger partial charge in [-0.3, -0.25) is 4.79 Å². The highest BCUT2D eigenvalue weighted by molar-refractivity contribution is 6.40. The van der Waals surface area contributed by atoms with Gasteiger partial charge in [-0.15, -0.1) is 12.4 Å². The summed E-state index contributed by atoms with van der Waals surface area (Å²) in [6, 6.07) is 0. The highest BCUT2D eigenvalue weighted by Gasteiger charge is 2.46. The number of carboxylic acids is 1. The zero-order chi connectivity index (χ0) is 12.3. The lowest BCUT2D eigenvalue weighted by Gasteiger charge is -2.38. The van der Waals surface area contributed by atoms with E-state index < -0.39 is 24.7 Å². The average Bonchev–Trinajstić information content (AvgIpc) is 2.19. The first kappa shape index (κ1) is 16.7. The number of hydrogen-bond donors (Lipinski definition) is 5. The Kier molecular flexibility index (Phi) is 6.43. The van der Waals surface area contributed by atoms with E-state index in [0.29, 0.717) is 19.3 Å². The molecule has 0 spiro atoms. The van der Waals surface area contributed by atoms with Crippen molar-refractivity contribution in [3.63, 3.8) is 0 Å². The molecule has 100 valence electrons. The Labute approximate surface area is 106 Å². The van der Waals surface area contributed by atoms with Gasteiger partial charge in [0.05, 0.1) is 6.10 Å². The molecule has 1 fully saturated rings. The molecule has 0 bridgehead atoms. The number of aliphatic hydroxyl groups is 1. The van der Waals surface area contributed by atoms with Gasteiger partial charge in [0.2, 0.25) is 0 Å². The molecule has 3 atom stereocenters. The van der Waals surface area contributed by atoms with Gasteiger partial charge in [-0.25, -0.2) is 0 Å². The van der Waals surface area contributed by atoms with Crippen molar-refractivity contribution in [3.05, 3.63) is 0 Å². The molecule has 0 aromatic rings. The van der Waals surface area contributed by atoms with Crippen LogP contribution in [-0.4, -0.2) is 45.0 Å². The van der Waals surface area contributed by atoms with Crippen LogP contribution in [0.2, 0.25) is 6.32 Å². The van der Waals surface area contributed by atoms with Crippen molar-refractivity contribution in [3.8, 4) is 0 Å². The van der Waals surface area contributed by atoms with E-state index >= 15 is 0 Å². The summed E-state index contributed by atoms with van der Waals surface area (Å²) in [5.74, 6) is -1.18.